The van der Waals surface area contributed by atoms with Crippen LogP contribution in [0.25, 0.3) is 0 Å². The molecule has 0 atom stereocenters. The molecule has 1 N–H and O–H groups in total. The Kier molecular flexibility index (Phi) is 4.96. The molecular formula is C15H16BrNO2S. The van der Waals surface area contributed by atoms with Crippen LogP contribution in [0.2, 0.25) is 0 Å². The van der Waals surface area contributed by atoms with Crippen LogP contribution in [0.3, 0.4) is 0 Å². The van der Waals surface area contributed by atoms with E-state index >= 15 is 0 Å². The topological polar surface area (TPSA) is 46.2 Å². The Morgan fingerprint density at radius 2 is 1.75 bits per heavy atom. The molecule has 0 saturated heterocycles. The van der Waals surface area contributed by atoms with Crippen molar-refractivity contribution in [2.45, 2.75) is 23.7 Å². The second-order valence-electron chi connectivity index (χ2n) is 4.59. The molecule has 5 heteroatoms. The van der Waals surface area contributed by atoms with Gasteiger partial charge in [0, 0.05) is 11.9 Å². The van der Waals surface area contributed by atoms with Crippen molar-refractivity contribution in [3.05, 3.63) is 65.2 Å². The lowest BCUT2D eigenvalue weighted by Crippen LogP contribution is -2.23. The van der Waals surface area contributed by atoms with Crippen LogP contribution in [-0.2, 0) is 21.9 Å². The minimum Gasteiger partial charge on any atom is -0.207 e. The number of rotatable bonds is 5. The summed E-state index contributed by atoms with van der Waals surface area (Å²) < 4.78 is 27.0. The van der Waals surface area contributed by atoms with E-state index in [0.717, 1.165) is 16.7 Å². The highest BCUT2D eigenvalue weighted by atomic mass is 79.9. The lowest BCUT2D eigenvalue weighted by atomic mass is 10.1. The predicted octanol–water partition coefficient (Wildman–Crippen LogP) is 3.37. The molecular weight excluding hydrogens is 338 g/mol. The van der Waals surface area contributed by atoms with Gasteiger partial charge in [0.1, 0.15) is 0 Å². The van der Waals surface area contributed by atoms with Crippen LogP contribution in [0.15, 0.2) is 53.4 Å². The molecule has 0 saturated carbocycles. The molecule has 0 aliphatic heterocycles. The fourth-order valence-corrected chi connectivity index (χ4v) is 3.23. The first-order valence-corrected chi connectivity index (χ1v) is 8.82. The minimum atomic E-state index is -3.46. The van der Waals surface area contributed by atoms with Gasteiger partial charge in [0.25, 0.3) is 0 Å². The first-order valence-electron chi connectivity index (χ1n) is 6.21. The van der Waals surface area contributed by atoms with Crippen LogP contribution < -0.4 is 4.72 Å². The average Bonchev–Trinajstić information content (AvgIpc) is 2.45. The van der Waals surface area contributed by atoms with Gasteiger partial charge in [-0.05, 0) is 30.2 Å². The maximum atomic E-state index is 12.2. The summed E-state index contributed by atoms with van der Waals surface area (Å²) in [5, 5.41) is 0.712. The van der Waals surface area contributed by atoms with Crippen molar-refractivity contribution in [2.24, 2.45) is 0 Å². The normalized spacial score (nSPS) is 11.5. The van der Waals surface area contributed by atoms with E-state index in [1.165, 1.54) is 0 Å². The van der Waals surface area contributed by atoms with Crippen LogP contribution in [0.1, 0.15) is 16.7 Å². The Morgan fingerprint density at radius 3 is 2.35 bits per heavy atom. The van der Waals surface area contributed by atoms with Gasteiger partial charge in [-0.2, -0.15) is 0 Å². The molecule has 0 amide bonds. The number of hydrogen-bond acceptors (Lipinski definition) is 2. The summed E-state index contributed by atoms with van der Waals surface area (Å²) in [6, 6.07) is 14.6. The second-order valence-corrected chi connectivity index (χ2v) is 6.92. The Labute approximate surface area is 128 Å². The van der Waals surface area contributed by atoms with E-state index in [2.05, 4.69) is 20.7 Å². The standard InChI is InChI=1S/C15H16BrNO2S/c1-12-3-2-4-14(9-12)11-17-20(18,19)15-7-5-13(10-16)6-8-15/h2-9,17H,10-11H2,1H3. The molecule has 2 rings (SSSR count). The van der Waals surface area contributed by atoms with Gasteiger partial charge in [-0.25, -0.2) is 13.1 Å². The number of nitrogens with one attached hydrogen (secondary N) is 1. The highest BCUT2D eigenvalue weighted by Gasteiger charge is 2.13. The Hall–Kier alpha value is -1.17. The smallest absolute Gasteiger partial charge is 0.207 e. The molecule has 0 aliphatic rings. The van der Waals surface area contributed by atoms with Crippen LogP contribution >= 0.6 is 15.9 Å². The number of aryl methyl sites for hydroxylation is 1. The Balaban J connectivity index is 2.10. The maximum Gasteiger partial charge on any atom is 0.240 e. The molecule has 3 nitrogen and oxygen atoms in total. The Morgan fingerprint density at radius 1 is 1.05 bits per heavy atom. The van der Waals surface area contributed by atoms with Crippen molar-refractivity contribution in [1.29, 1.82) is 0 Å². The number of alkyl halides is 1. The zero-order valence-corrected chi connectivity index (χ0v) is 13.5. The number of hydrogen-bond donors (Lipinski definition) is 1. The molecule has 0 unspecified atom stereocenters. The summed E-state index contributed by atoms with van der Waals surface area (Å²) >= 11 is 3.34. The third-order valence-electron chi connectivity index (χ3n) is 2.94. The molecule has 0 aromatic heterocycles. The van der Waals surface area contributed by atoms with E-state index in [1.807, 2.05) is 31.2 Å². The largest absolute Gasteiger partial charge is 0.240 e. The van der Waals surface area contributed by atoms with Gasteiger partial charge < -0.3 is 0 Å². The zero-order valence-electron chi connectivity index (χ0n) is 11.1. The minimum absolute atomic E-state index is 0.287. The summed E-state index contributed by atoms with van der Waals surface area (Å²) in [5.74, 6) is 0. The van der Waals surface area contributed by atoms with Crippen LogP contribution in [-0.4, -0.2) is 8.42 Å². The van der Waals surface area contributed by atoms with Gasteiger partial charge in [-0.15, -0.1) is 0 Å². The zero-order chi connectivity index (χ0) is 14.6. The first-order chi connectivity index (χ1) is 9.51. The van der Waals surface area contributed by atoms with Crippen LogP contribution in [0.4, 0.5) is 0 Å². The van der Waals surface area contributed by atoms with Gasteiger partial charge in [0.15, 0.2) is 0 Å². The second kappa shape index (κ2) is 6.52. The SMILES string of the molecule is Cc1cccc(CNS(=O)(=O)c2ccc(CBr)cc2)c1. The van der Waals surface area contributed by atoms with E-state index in [4.69, 9.17) is 0 Å². The summed E-state index contributed by atoms with van der Waals surface area (Å²) in [6.07, 6.45) is 0. The third-order valence-corrected chi connectivity index (χ3v) is 5.00. The van der Waals surface area contributed by atoms with E-state index in [0.29, 0.717) is 11.9 Å². The van der Waals surface area contributed by atoms with E-state index < -0.39 is 10.0 Å². The fourth-order valence-electron chi connectivity index (χ4n) is 1.84. The average molecular weight is 354 g/mol. The number of halogens is 1. The third kappa shape index (κ3) is 3.91. The van der Waals surface area contributed by atoms with Crippen LogP contribution in [0, 0.1) is 6.92 Å². The van der Waals surface area contributed by atoms with Crippen LogP contribution in [0.5, 0.6) is 0 Å². The number of benzene rings is 2. The highest BCUT2D eigenvalue weighted by molar-refractivity contribution is 9.08. The summed E-state index contributed by atoms with van der Waals surface area (Å²) in [4.78, 5) is 0.287. The van der Waals surface area contributed by atoms with Gasteiger partial charge in [0.2, 0.25) is 10.0 Å². The maximum absolute atomic E-state index is 12.2. The number of sulfonamides is 1. The van der Waals surface area contributed by atoms with E-state index in [9.17, 15) is 8.42 Å². The molecule has 2 aromatic carbocycles. The molecule has 20 heavy (non-hydrogen) atoms. The Bertz CT molecular complexity index is 681. The molecule has 0 bridgehead atoms. The van der Waals surface area contributed by atoms with Gasteiger partial charge in [0.05, 0.1) is 4.90 Å². The molecule has 106 valence electrons. The van der Waals surface area contributed by atoms with Gasteiger partial charge >= 0.3 is 0 Å². The monoisotopic (exact) mass is 353 g/mol. The molecule has 0 aliphatic carbocycles. The van der Waals surface area contributed by atoms with Crippen molar-refractivity contribution in [1.82, 2.24) is 4.72 Å². The molecule has 0 spiro atoms. The molecule has 0 fully saturated rings. The van der Waals surface area contributed by atoms with Crippen molar-refractivity contribution in [3.63, 3.8) is 0 Å². The lowest BCUT2D eigenvalue weighted by Gasteiger charge is -2.08. The highest BCUT2D eigenvalue weighted by Crippen LogP contribution is 2.13. The lowest BCUT2D eigenvalue weighted by molar-refractivity contribution is 0.581. The van der Waals surface area contributed by atoms with Crippen molar-refractivity contribution in [3.8, 4) is 0 Å². The fraction of sp³-hybridized carbons (Fsp3) is 0.200. The van der Waals surface area contributed by atoms with Gasteiger partial charge in [-0.3, -0.25) is 0 Å². The summed E-state index contributed by atoms with van der Waals surface area (Å²) in [7, 11) is -3.46. The molecule has 0 heterocycles. The van der Waals surface area contributed by atoms with Crippen molar-refractivity contribution < 1.29 is 8.42 Å². The molecule has 2 aromatic rings. The summed E-state index contributed by atoms with van der Waals surface area (Å²) in [6.45, 7) is 2.28. The van der Waals surface area contributed by atoms with Gasteiger partial charge in [-0.1, -0.05) is 57.9 Å². The van der Waals surface area contributed by atoms with E-state index in [1.54, 1.807) is 24.3 Å². The van der Waals surface area contributed by atoms with Crippen molar-refractivity contribution >= 4 is 26.0 Å². The first kappa shape index (κ1) is 15.2. The van der Waals surface area contributed by atoms with E-state index in [-0.39, 0.29) is 4.90 Å². The molecule has 0 radical (unpaired) electrons. The van der Waals surface area contributed by atoms with Crippen molar-refractivity contribution in [2.75, 3.05) is 0 Å². The quantitative estimate of drug-likeness (QED) is 0.837. The summed E-state index contributed by atoms with van der Waals surface area (Å²) in [5.41, 5.74) is 3.11. The predicted molar refractivity (Wildman–Crippen MR) is 84.3 cm³/mol.